The Hall–Kier alpha value is -4.93. The second-order valence-electron chi connectivity index (χ2n) is 9.95. The fourth-order valence-corrected chi connectivity index (χ4v) is 6.46. The zero-order valence-electron chi connectivity index (χ0n) is 20.5. The fourth-order valence-electron chi connectivity index (χ4n) is 6.32. The Balaban J connectivity index is 1.57. The summed E-state index contributed by atoms with van der Waals surface area (Å²) in [6, 6.07) is 36.1. The van der Waals surface area contributed by atoms with Crippen molar-refractivity contribution in [2.75, 3.05) is 0 Å². The van der Waals surface area contributed by atoms with Crippen molar-refractivity contribution in [3.63, 3.8) is 0 Å². The van der Waals surface area contributed by atoms with E-state index in [1.54, 1.807) is 6.20 Å². The molecule has 0 N–H and O–H groups in total. The molecule has 182 valence electrons. The van der Waals surface area contributed by atoms with Crippen LogP contribution in [0.5, 0.6) is 0 Å². The standard InChI is InChI=1S/C34H18ClN3O/c35-29-18-36-26-17-20(14-15-25(26)37-29)38-27-12-6-5-11-24(27)30-22-9-3-4-10-23(22)32-31-21-8-2-1-7-19(21)13-16-28(31)39-34(32)33(30)38/h1-18H. The molecular weight excluding hydrogens is 502 g/mol. The van der Waals surface area contributed by atoms with Crippen molar-refractivity contribution in [2.24, 2.45) is 0 Å². The average Bonchev–Trinajstić information content (AvgIpc) is 3.54. The SMILES string of the molecule is Clc1cnc2cc(-n3c4ccccc4c4c5ccccc5c5c(oc6ccc7ccccc7c65)c43)ccc2n1. The number of rotatable bonds is 1. The van der Waals surface area contributed by atoms with E-state index in [0.29, 0.717) is 5.15 Å². The quantitative estimate of drug-likeness (QED) is 0.217. The number of halogens is 1. The van der Waals surface area contributed by atoms with E-state index >= 15 is 0 Å². The van der Waals surface area contributed by atoms with Crippen LogP contribution in [0.3, 0.4) is 0 Å². The molecule has 0 radical (unpaired) electrons. The third-order valence-electron chi connectivity index (χ3n) is 7.89. The van der Waals surface area contributed by atoms with Gasteiger partial charge in [0.2, 0.25) is 0 Å². The highest BCUT2D eigenvalue weighted by molar-refractivity contribution is 6.37. The van der Waals surface area contributed by atoms with Crippen LogP contribution in [-0.2, 0) is 0 Å². The molecule has 0 aliphatic heterocycles. The average molecular weight is 520 g/mol. The van der Waals surface area contributed by atoms with Crippen molar-refractivity contribution in [1.29, 1.82) is 0 Å². The minimum atomic E-state index is 0.384. The van der Waals surface area contributed by atoms with Gasteiger partial charge < -0.3 is 8.98 Å². The first-order valence-corrected chi connectivity index (χ1v) is 13.2. The van der Waals surface area contributed by atoms with Crippen LogP contribution in [0.25, 0.3) is 82.0 Å². The summed E-state index contributed by atoms with van der Waals surface area (Å²) in [4.78, 5) is 9.01. The molecular formula is C34H18ClN3O. The molecule has 39 heavy (non-hydrogen) atoms. The number of hydrogen-bond donors (Lipinski definition) is 0. The topological polar surface area (TPSA) is 43.9 Å². The molecule has 9 aromatic rings. The summed E-state index contributed by atoms with van der Waals surface area (Å²) in [5, 5.41) is 9.82. The maximum absolute atomic E-state index is 6.81. The number of nitrogens with zero attached hydrogens (tertiary/aromatic N) is 3. The molecule has 4 nitrogen and oxygen atoms in total. The predicted octanol–water partition coefficient (Wildman–Crippen LogP) is 9.59. The molecule has 0 saturated heterocycles. The molecule has 6 aromatic carbocycles. The molecule has 0 unspecified atom stereocenters. The number of para-hydroxylation sites is 1. The summed E-state index contributed by atoms with van der Waals surface area (Å²) in [5.41, 5.74) is 6.47. The van der Waals surface area contributed by atoms with Crippen LogP contribution < -0.4 is 0 Å². The van der Waals surface area contributed by atoms with Crippen LogP contribution in [0.15, 0.2) is 114 Å². The normalized spacial score (nSPS) is 12.2. The summed E-state index contributed by atoms with van der Waals surface area (Å²) in [6.07, 6.45) is 1.59. The molecule has 0 aliphatic carbocycles. The molecule has 0 bridgehead atoms. The Bertz CT molecular complexity index is 2470. The van der Waals surface area contributed by atoms with Crippen LogP contribution in [-0.4, -0.2) is 14.5 Å². The van der Waals surface area contributed by atoms with Gasteiger partial charge in [0.05, 0.1) is 28.3 Å². The third kappa shape index (κ3) is 2.78. The Morgan fingerprint density at radius 1 is 0.641 bits per heavy atom. The molecule has 3 aromatic heterocycles. The molecule has 0 aliphatic rings. The van der Waals surface area contributed by atoms with Gasteiger partial charge in [-0.25, -0.2) is 4.98 Å². The first-order valence-electron chi connectivity index (χ1n) is 12.9. The van der Waals surface area contributed by atoms with Crippen molar-refractivity contribution in [1.82, 2.24) is 14.5 Å². The van der Waals surface area contributed by atoms with Gasteiger partial charge >= 0.3 is 0 Å². The zero-order valence-corrected chi connectivity index (χ0v) is 21.3. The lowest BCUT2D eigenvalue weighted by molar-refractivity contribution is 0.671. The third-order valence-corrected chi connectivity index (χ3v) is 8.07. The summed E-state index contributed by atoms with van der Waals surface area (Å²) in [6.45, 7) is 0. The van der Waals surface area contributed by atoms with Crippen LogP contribution in [0.1, 0.15) is 0 Å². The van der Waals surface area contributed by atoms with Gasteiger partial charge in [-0.3, -0.25) is 4.98 Å². The van der Waals surface area contributed by atoms with Crippen LogP contribution in [0, 0.1) is 0 Å². The van der Waals surface area contributed by atoms with Crippen molar-refractivity contribution < 1.29 is 4.42 Å². The maximum Gasteiger partial charge on any atom is 0.160 e. The van der Waals surface area contributed by atoms with E-state index in [9.17, 15) is 0 Å². The van der Waals surface area contributed by atoms with Gasteiger partial charge in [-0.05, 0) is 51.9 Å². The molecule has 0 fully saturated rings. The van der Waals surface area contributed by atoms with Gasteiger partial charge in [-0.2, -0.15) is 0 Å². The second-order valence-corrected chi connectivity index (χ2v) is 10.3. The summed E-state index contributed by atoms with van der Waals surface area (Å²) >= 11 is 6.12. The first kappa shape index (κ1) is 21.1. The van der Waals surface area contributed by atoms with Crippen molar-refractivity contribution >= 4 is 87.9 Å². The highest BCUT2D eigenvalue weighted by atomic mass is 35.5. The van der Waals surface area contributed by atoms with Crippen LogP contribution in [0.4, 0.5) is 0 Å². The number of aromatic nitrogens is 3. The lowest BCUT2D eigenvalue weighted by Crippen LogP contribution is -1.95. The largest absolute Gasteiger partial charge is 0.454 e. The minimum absolute atomic E-state index is 0.384. The Labute approximate surface area is 226 Å². The predicted molar refractivity (Wildman–Crippen MR) is 161 cm³/mol. The van der Waals surface area contributed by atoms with E-state index < -0.39 is 0 Å². The molecule has 3 heterocycles. The van der Waals surface area contributed by atoms with Gasteiger partial charge in [0, 0.05) is 27.2 Å². The van der Waals surface area contributed by atoms with E-state index in [1.165, 1.54) is 32.3 Å². The van der Waals surface area contributed by atoms with Crippen molar-refractivity contribution in [2.45, 2.75) is 0 Å². The van der Waals surface area contributed by atoms with Gasteiger partial charge in [0.25, 0.3) is 0 Å². The molecule has 0 amide bonds. The Morgan fingerprint density at radius 2 is 1.38 bits per heavy atom. The minimum Gasteiger partial charge on any atom is -0.454 e. The smallest absolute Gasteiger partial charge is 0.160 e. The monoisotopic (exact) mass is 519 g/mol. The molecule has 9 rings (SSSR count). The zero-order chi connectivity index (χ0) is 25.7. The van der Waals surface area contributed by atoms with E-state index in [4.69, 9.17) is 16.0 Å². The Morgan fingerprint density at radius 3 is 2.26 bits per heavy atom. The second kappa shape index (κ2) is 7.56. The fraction of sp³-hybridized carbons (Fsp3) is 0. The highest BCUT2D eigenvalue weighted by Crippen LogP contribution is 2.47. The maximum atomic E-state index is 6.81. The molecule has 5 heteroatoms. The van der Waals surface area contributed by atoms with Crippen molar-refractivity contribution in [3.8, 4) is 5.69 Å². The van der Waals surface area contributed by atoms with Gasteiger partial charge in [0.15, 0.2) is 5.58 Å². The van der Waals surface area contributed by atoms with Crippen LogP contribution >= 0.6 is 11.6 Å². The summed E-state index contributed by atoms with van der Waals surface area (Å²) in [5.74, 6) is 0. The van der Waals surface area contributed by atoms with E-state index in [-0.39, 0.29) is 0 Å². The number of fused-ring (bicyclic) bond motifs is 13. The lowest BCUT2D eigenvalue weighted by Gasteiger charge is -2.10. The van der Waals surface area contributed by atoms with Gasteiger partial charge in [-0.1, -0.05) is 84.4 Å². The number of benzene rings is 6. The summed E-state index contributed by atoms with van der Waals surface area (Å²) < 4.78 is 9.12. The Kier molecular flexibility index (Phi) is 4.08. The number of furan rings is 1. The highest BCUT2D eigenvalue weighted by Gasteiger charge is 2.23. The molecule has 0 atom stereocenters. The van der Waals surface area contributed by atoms with E-state index in [0.717, 1.165) is 49.7 Å². The summed E-state index contributed by atoms with van der Waals surface area (Å²) in [7, 11) is 0. The van der Waals surface area contributed by atoms with Gasteiger partial charge in [-0.15, -0.1) is 0 Å². The van der Waals surface area contributed by atoms with E-state index in [1.807, 2.05) is 6.07 Å². The number of hydrogen-bond acceptors (Lipinski definition) is 3. The molecule has 0 saturated carbocycles. The van der Waals surface area contributed by atoms with Crippen LogP contribution in [0.2, 0.25) is 5.15 Å². The van der Waals surface area contributed by atoms with E-state index in [2.05, 4.69) is 112 Å². The first-order chi connectivity index (χ1) is 19.3. The van der Waals surface area contributed by atoms with Gasteiger partial charge in [0.1, 0.15) is 10.7 Å². The molecule has 0 spiro atoms. The lowest BCUT2D eigenvalue weighted by atomic mass is 9.96. The van der Waals surface area contributed by atoms with Crippen molar-refractivity contribution in [3.05, 3.63) is 114 Å².